The van der Waals surface area contributed by atoms with Gasteiger partial charge in [0.2, 0.25) is 0 Å². The van der Waals surface area contributed by atoms with E-state index in [0.29, 0.717) is 109 Å². The fourth-order valence-electron chi connectivity index (χ4n) is 4.38. The third-order valence-corrected chi connectivity index (χ3v) is 6.71. The number of carboxylic acid groups (broad SMARTS) is 2. The molecule has 1 aromatic rings. The van der Waals surface area contributed by atoms with Gasteiger partial charge in [-0.3, -0.25) is 9.80 Å². The Balaban J connectivity index is 1.99. The molecule has 1 aliphatic heterocycles. The van der Waals surface area contributed by atoms with Crippen LogP contribution >= 0.6 is 12.2 Å². The van der Waals surface area contributed by atoms with Crippen molar-refractivity contribution < 1.29 is 38.7 Å². The summed E-state index contributed by atoms with van der Waals surface area (Å²) in [6, 6.07) is 5.00. The Kier molecular flexibility index (Phi) is 19.0. The quantitative estimate of drug-likeness (QED) is 0.194. The second kappa shape index (κ2) is 22.5. The molecule has 1 fully saturated rings. The van der Waals surface area contributed by atoms with E-state index in [1.165, 1.54) is 6.07 Å². The molecule has 250 valence electrons. The summed E-state index contributed by atoms with van der Waals surface area (Å²) < 4.78 is 23.4. The lowest BCUT2D eigenvalue weighted by Crippen LogP contribution is -2.34. The van der Waals surface area contributed by atoms with Crippen LogP contribution in [0.15, 0.2) is 53.3 Å². The summed E-state index contributed by atoms with van der Waals surface area (Å²) in [6.45, 7) is 12.9. The fraction of sp³-hybridized carbons (Fsp3) is 0.562. The third-order valence-electron chi connectivity index (χ3n) is 6.61. The van der Waals surface area contributed by atoms with Gasteiger partial charge in [-0.25, -0.2) is 14.6 Å². The molecule has 1 aliphatic rings. The SMILES string of the molecule is CC/C=C(/C=C(\C=C(/C)C(=O)O)NC(C)=S)CN1CCOCCOCCN(Cc2cccc(C(=O)O)n2)CCOCCOCC1. The highest BCUT2D eigenvalue weighted by atomic mass is 32.1. The number of pyridine rings is 1. The van der Waals surface area contributed by atoms with Gasteiger partial charge in [-0.15, -0.1) is 0 Å². The average molecular weight is 649 g/mol. The van der Waals surface area contributed by atoms with Gasteiger partial charge in [0.1, 0.15) is 5.69 Å². The number of hydrogen-bond donors (Lipinski definition) is 3. The monoisotopic (exact) mass is 648 g/mol. The number of hydrogen-bond acceptors (Lipinski definition) is 10. The Morgan fingerprint density at radius 1 is 0.889 bits per heavy atom. The second-order valence-corrected chi connectivity index (χ2v) is 11.0. The summed E-state index contributed by atoms with van der Waals surface area (Å²) in [5.74, 6) is -2.04. The molecule has 0 atom stereocenters. The summed E-state index contributed by atoms with van der Waals surface area (Å²) >= 11 is 5.22. The van der Waals surface area contributed by atoms with Gasteiger partial charge in [-0.1, -0.05) is 31.3 Å². The first-order chi connectivity index (χ1) is 21.7. The number of aliphatic carboxylic acids is 1. The molecular weight excluding hydrogens is 600 g/mol. The van der Waals surface area contributed by atoms with Crippen LogP contribution in [-0.2, 0) is 30.3 Å². The van der Waals surface area contributed by atoms with Gasteiger partial charge >= 0.3 is 11.9 Å². The van der Waals surface area contributed by atoms with Crippen LogP contribution in [0.4, 0.5) is 0 Å². The second-order valence-electron chi connectivity index (χ2n) is 10.4. The van der Waals surface area contributed by atoms with Crippen LogP contribution in [0.1, 0.15) is 43.4 Å². The fourth-order valence-corrected chi connectivity index (χ4v) is 4.49. The predicted octanol–water partition coefficient (Wildman–Crippen LogP) is 3.15. The third kappa shape index (κ3) is 17.3. The van der Waals surface area contributed by atoms with Crippen molar-refractivity contribution in [3.8, 4) is 0 Å². The maximum Gasteiger partial charge on any atom is 0.354 e. The van der Waals surface area contributed by atoms with Crippen molar-refractivity contribution in [2.75, 3.05) is 85.6 Å². The van der Waals surface area contributed by atoms with E-state index in [4.69, 9.17) is 31.2 Å². The highest BCUT2D eigenvalue weighted by Crippen LogP contribution is 2.10. The number of nitrogens with zero attached hydrogens (tertiary/aromatic N) is 3. The van der Waals surface area contributed by atoms with Crippen molar-refractivity contribution in [3.05, 3.63) is 64.7 Å². The molecule has 0 aliphatic carbocycles. The van der Waals surface area contributed by atoms with E-state index in [-0.39, 0.29) is 11.3 Å². The maximum atomic E-state index is 11.4. The summed E-state index contributed by atoms with van der Waals surface area (Å²) in [5, 5.41) is 21.7. The molecule has 0 spiro atoms. The summed E-state index contributed by atoms with van der Waals surface area (Å²) in [5.41, 5.74) is 2.55. The Morgan fingerprint density at radius 2 is 1.44 bits per heavy atom. The van der Waals surface area contributed by atoms with Crippen molar-refractivity contribution in [2.45, 2.75) is 33.7 Å². The lowest BCUT2D eigenvalue weighted by atomic mass is 10.1. The Labute approximate surface area is 271 Å². The molecule has 13 heteroatoms. The van der Waals surface area contributed by atoms with Crippen LogP contribution in [0.5, 0.6) is 0 Å². The normalized spacial score (nSPS) is 18.5. The molecule has 3 N–H and O–H groups in total. The first kappa shape index (κ1) is 38.1. The Hall–Kier alpha value is -3.04. The van der Waals surface area contributed by atoms with E-state index >= 15 is 0 Å². The van der Waals surface area contributed by atoms with E-state index in [1.807, 2.05) is 12.1 Å². The largest absolute Gasteiger partial charge is 0.478 e. The molecule has 1 saturated heterocycles. The van der Waals surface area contributed by atoms with Crippen molar-refractivity contribution in [3.63, 3.8) is 0 Å². The number of thiocarbonyl (C=S) groups is 1. The average Bonchev–Trinajstić information content (AvgIpc) is 2.98. The van der Waals surface area contributed by atoms with Crippen LogP contribution in [0.3, 0.4) is 0 Å². The molecule has 1 aromatic heterocycles. The number of aromatic carboxylic acids is 1. The van der Waals surface area contributed by atoms with E-state index in [0.717, 1.165) is 12.0 Å². The number of rotatable bonds is 10. The van der Waals surface area contributed by atoms with Crippen molar-refractivity contribution in [1.82, 2.24) is 20.1 Å². The summed E-state index contributed by atoms with van der Waals surface area (Å²) in [7, 11) is 0. The van der Waals surface area contributed by atoms with E-state index in [2.05, 4.69) is 33.1 Å². The minimum absolute atomic E-state index is 0.0224. The van der Waals surface area contributed by atoms with Gasteiger partial charge in [0.25, 0.3) is 0 Å². The van der Waals surface area contributed by atoms with Crippen LogP contribution in [0, 0.1) is 0 Å². The Morgan fingerprint density at radius 3 is 1.93 bits per heavy atom. The highest BCUT2D eigenvalue weighted by molar-refractivity contribution is 7.80. The first-order valence-electron chi connectivity index (χ1n) is 15.2. The molecule has 2 rings (SSSR count). The van der Waals surface area contributed by atoms with E-state index < -0.39 is 11.9 Å². The maximum absolute atomic E-state index is 11.4. The molecule has 0 aromatic carbocycles. The predicted molar refractivity (Wildman–Crippen MR) is 175 cm³/mol. The van der Waals surface area contributed by atoms with Crippen LogP contribution in [-0.4, -0.2) is 128 Å². The molecule has 0 amide bonds. The Bertz CT molecular complexity index is 1150. The summed E-state index contributed by atoms with van der Waals surface area (Å²) in [6.07, 6.45) is 6.44. The lowest BCUT2D eigenvalue weighted by molar-refractivity contribution is -0.132. The minimum Gasteiger partial charge on any atom is -0.478 e. The molecule has 12 nitrogen and oxygen atoms in total. The number of ether oxygens (including phenoxy) is 4. The first-order valence-corrected chi connectivity index (χ1v) is 15.6. The van der Waals surface area contributed by atoms with Crippen LogP contribution < -0.4 is 5.32 Å². The van der Waals surface area contributed by atoms with Gasteiger partial charge < -0.3 is 34.5 Å². The van der Waals surface area contributed by atoms with Crippen LogP contribution in [0.25, 0.3) is 0 Å². The zero-order valence-electron chi connectivity index (χ0n) is 26.7. The smallest absolute Gasteiger partial charge is 0.354 e. The van der Waals surface area contributed by atoms with Gasteiger partial charge in [-0.2, -0.15) is 0 Å². The molecule has 45 heavy (non-hydrogen) atoms. The molecule has 0 bridgehead atoms. The molecule has 0 unspecified atom stereocenters. The zero-order chi connectivity index (χ0) is 32.9. The molecule has 2 heterocycles. The molecular formula is C32H48N4O8S. The van der Waals surface area contributed by atoms with Crippen LogP contribution in [0.2, 0.25) is 0 Å². The van der Waals surface area contributed by atoms with Gasteiger partial charge in [0.05, 0.1) is 63.5 Å². The number of carbonyl (C=O) groups is 2. The summed E-state index contributed by atoms with van der Waals surface area (Å²) in [4.78, 5) is 31.9. The van der Waals surface area contributed by atoms with Crippen molar-refractivity contribution >= 4 is 29.1 Å². The zero-order valence-corrected chi connectivity index (χ0v) is 27.5. The van der Waals surface area contributed by atoms with Crippen molar-refractivity contribution in [1.29, 1.82) is 0 Å². The van der Waals surface area contributed by atoms with Crippen molar-refractivity contribution in [2.24, 2.45) is 0 Å². The van der Waals surface area contributed by atoms with Gasteiger partial charge in [0, 0.05) is 50.5 Å². The lowest BCUT2D eigenvalue weighted by Gasteiger charge is -2.24. The minimum atomic E-state index is -1.05. The van der Waals surface area contributed by atoms with Gasteiger partial charge in [0.15, 0.2) is 0 Å². The highest BCUT2D eigenvalue weighted by Gasteiger charge is 2.12. The topological polar surface area (TPSA) is 143 Å². The molecule has 0 radical (unpaired) electrons. The van der Waals surface area contributed by atoms with E-state index in [9.17, 15) is 19.8 Å². The van der Waals surface area contributed by atoms with E-state index in [1.54, 1.807) is 26.0 Å². The molecule has 0 saturated carbocycles. The number of nitrogens with one attached hydrogen (secondary N) is 1. The standard InChI is InChI=1S/C32H48N4O8S/c1-4-6-27(22-29(33-26(3)45)21-25(2)31(37)38)23-35-9-13-41-17-19-43-15-11-36(12-16-44-20-18-42-14-10-35)24-28-7-5-8-30(34-28)32(39)40/h5-8,21-22H,4,9-20,23-24H2,1-3H3,(H,33,45)(H,37,38)(H,39,40)/b25-21+,27-6-,29-22+. The number of carboxylic acids is 2. The van der Waals surface area contributed by atoms with Gasteiger partial charge in [-0.05, 0) is 50.1 Å². The number of aromatic nitrogens is 1. The number of allylic oxidation sites excluding steroid dienone is 2.